The molecule has 1 amide bonds. The van der Waals surface area contributed by atoms with Gasteiger partial charge in [0.25, 0.3) is 5.69 Å². The monoisotopic (exact) mass is 236 g/mol. The lowest BCUT2D eigenvalue weighted by Crippen LogP contribution is -2.22. The summed E-state index contributed by atoms with van der Waals surface area (Å²) in [4.78, 5) is 32.6. The largest absolute Gasteiger partial charge is 0.359 e. The van der Waals surface area contributed by atoms with Gasteiger partial charge in [0.1, 0.15) is 5.78 Å². The number of hydrogen-bond acceptors (Lipinski definition) is 4. The van der Waals surface area contributed by atoms with E-state index >= 15 is 0 Å². The van der Waals surface area contributed by atoms with Crippen LogP contribution in [0.3, 0.4) is 0 Å². The number of nitro benzene ring substituents is 1. The van der Waals surface area contributed by atoms with E-state index in [4.69, 9.17) is 0 Å². The van der Waals surface area contributed by atoms with Crippen LogP contribution in [0.2, 0.25) is 0 Å². The molecule has 0 radical (unpaired) electrons. The molecule has 1 rings (SSSR count). The maximum atomic E-state index is 11.5. The molecule has 6 heteroatoms. The topological polar surface area (TPSA) is 89.3 Å². The van der Waals surface area contributed by atoms with Gasteiger partial charge in [-0.05, 0) is 0 Å². The Hall–Kier alpha value is -2.24. The molecule has 17 heavy (non-hydrogen) atoms. The van der Waals surface area contributed by atoms with E-state index in [1.54, 1.807) is 6.07 Å². The molecule has 0 aromatic heterocycles. The van der Waals surface area contributed by atoms with Gasteiger partial charge in [-0.15, -0.1) is 0 Å². The van der Waals surface area contributed by atoms with Crippen LogP contribution in [0.1, 0.15) is 12.0 Å². The van der Waals surface area contributed by atoms with Crippen LogP contribution in [0.4, 0.5) is 5.69 Å². The van der Waals surface area contributed by atoms with Gasteiger partial charge in [-0.3, -0.25) is 19.7 Å². The van der Waals surface area contributed by atoms with Gasteiger partial charge in [-0.25, -0.2) is 0 Å². The van der Waals surface area contributed by atoms with Crippen LogP contribution in [-0.4, -0.2) is 23.7 Å². The summed E-state index contributed by atoms with van der Waals surface area (Å²) in [5.41, 5.74) is 0.226. The number of rotatable bonds is 5. The Labute approximate surface area is 97.8 Å². The number of benzene rings is 1. The normalized spacial score (nSPS) is 9.71. The second kappa shape index (κ2) is 5.74. The Bertz CT molecular complexity index is 457. The molecule has 0 bridgehead atoms. The smallest absolute Gasteiger partial charge is 0.273 e. The van der Waals surface area contributed by atoms with Crippen molar-refractivity contribution in [3.8, 4) is 0 Å². The molecule has 1 aromatic rings. The van der Waals surface area contributed by atoms with Crippen molar-refractivity contribution in [2.45, 2.75) is 12.8 Å². The fourth-order valence-corrected chi connectivity index (χ4v) is 1.38. The van der Waals surface area contributed by atoms with Gasteiger partial charge in [0.15, 0.2) is 0 Å². The highest BCUT2D eigenvalue weighted by atomic mass is 16.6. The van der Waals surface area contributed by atoms with E-state index in [0.717, 1.165) is 0 Å². The number of carbonyl (C=O) groups is 2. The quantitative estimate of drug-likeness (QED) is 0.466. The summed E-state index contributed by atoms with van der Waals surface area (Å²) in [5.74, 6) is -0.743. The number of nitrogens with zero attached hydrogens (tertiary/aromatic N) is 1. The first-order chi connectivity index (χ1) is 8.04. The van der Waals surface area contributed by atoms with E-state index in [0.29, 0.717) is 5.56 Å². The van der Waals surface area contributed by atoms with Crippen molar-refractivity contribution >= 4 is 17.4 Å². The van der Waals surface area contributed by atoms with Gasteiger partial charge in [0, 0.05) is 25.1 Å². The molecule has 0 saturated carbocycles. The van der Waals surface area contributed by atoms with E-state index in [9.17, 15) is 19.7 Å². The summed E-state index contributed by atoms with van der Waals surface area (Å²) >= 11 is 0. The summed E-state index contributed by atoms with van der Waals surface area (Å²) < 4.78 is 0. The van der Waals surface area contributed by atoms with Gasteiger partial charge in [-0.2, -0.15) is 0 Å². The highest BCUT2D eigenvalue weighted by Crippen LogP contribution is 2.18. The minimum atomic E-state index is -0.539. The number of hydrogen-bond donors (Lipinski definition) is 1. The highest BCUT2D eigenvalue weighted by molar-refractivity contribution is 5.99. The molecule has 0 heterocycles. The first kappa shape index (κ1) is 12.8. The molecule has 0 aliphatic carbocycles. The fraction of sp³-hybridized carbons (Fsp3) is 0.273. The van der Waals surface area contributed by atoms with Crippen molar-refractivity contribution < 1.29 is 14.5 Å². The Morgan fingerprint density at radius 2 is 2.00 bits per heavy atom. The maximum Gasteiger partial charge on any atom is 0.273 e. The number of carbonyl (C=O) groups excluding carboxylic acids is 2. The highest BCUT2D eigenvalue weighted by Gasteiger charge is 2.16. The van der Waals surface area contributed by atoms with Crippen molar-refractivity contribution in [1.29, 1.82) is 0 Å². The number of nitrogens with one attached hydrogen (secondary N) is 1. The minimum Gasteiger partial charge on any atom is -0.359 e. The average Bonchev–Trinajstić information content (AvgIpc) is 2.29. The van der Waals surface area contributed by atoms with Crippen LogP contribution >= 0.6 is 0 Å². The Morgan fingerprint density at radius 1 is 1.35 bits per heavy atom. The third-order valence-electron chi connectivity index (χ3n) is 2.21. The van der Waals surface area contributed by atoms with Gasteiger partial charge in [0.2, 0.25) is 5.91 Å². The minimum absolute atomic E-state index is 0.0993. The van der Waals surface area contributed by atoms with Crippen molar-refractivity contribution in [2.24, 2.45) is 0 Å². The summed E-state index contributed by atoms with van der Waals surface area (Å²) in [7, 11) is 1.43. The van der Waals surface area contributed by atoms with E-state index in [-0.39, 0.29) is 24.3 Å². The lowest BCUT2D eigenvalue weighted by atomic mass is 10.1. The number of amides is 1. The molecular weight excluding hydrogens is 224 g/mol. The molecule has 0 saturated heterocycles. The Balaban J connectivity index is 2.78. The van der Waals surface area contributed by atoms with Gasteiger partial charge in [-0.1, -0.05) is 18.2 Å². The van der Waals surface area contributed by atoms with Gasteiger partial charge >= 0.3 is 0 Å². The standard InChI is InChI=1S/C11H12N2O4/c1-12-11(15)7-9(14)6-8-4-2-3-5-10(8)13(16)17/h2-5H,6-7H2,1H3,(H,12,15). The molecule has 0 unspecified atom stereocenters. The van der Waals surface area contributed by atoms with E-state index < -0.39 is 10.8 Å². The average molecular weight is 236 g/mol. The predicted octanol–water partition coefficient (Wildman–Crippen LogP) is 0.842. The molecule has 0 atom stereocenters. The van der Waals surface area contributed by atoms with Crippen molar-refractivity contribution in [3.05, 3.63) is 39.9 Å². The summed E-state index contributed by atoms with van der Waals surface area (Å²) in [5, 5.41) is 13.0. The molecular formula is C11H12N2O4. The van der Waals surface area contributed by atoms with Crippen molar-refractivity contribution in [2.75, 3.05) is 7.05 Å². The summed E-state index contributed by atoms with van der Waals surface area (Å²) in [6, 6.07) is 6.00. The Kier molecular flexibility index (Phi) is 4.33. The maximum absolute atomic E-state index is 11.5. The van der Waals surface area contributed by atoms with Gasteiger partial charge < -0.3 is 5.32 Å². The van der Waals surface area contributed by atoms with E-state index in [2.05, 4.69) is 5.32 Å². The van der Waals surface area contributed by atoms with Crippen molar-refractivity contribution in [3.63, 3.8) is 0 Å². The zero-order chi connectivity index (χ0) is 12.8. The van der Waals surface area contributed by atoms with Crippen LogP contribution in [0.15, 0.2) is 24.3 Å². The van der Waals surface area contributed by atoms with Crippen LogP contribution in [0.25, 0.3) is 0 Å². The van der Waals surface area contributed by atoms with Crippen LogP contribution < -0.4 is 5.32 Å². The number of ketones is 1. The van der Waals surface area contributed by atoms with E-state index in [1.807, 2.05) is 0 Å². The molecule has 6 nitrogen and oxygen atoms in total. The lowest BCUT2D eigenvalue weighted by molar-refractivity contribution is -0.385. The molecule has 1 N–H and O–H groups in total. The van der Waals surface area contributed by atoms with Gasteiger partial charge in [0.05, 0.1) is 11.3 Å². The predicted molar refractivity (Wildman–Crippen MR) is 60.5 cm³/mol. The first-order valence-electron chi connectivity index (χ1n) is 4.99. The third-order valence-corrected chi connectivity index (χ3v) is 2.21. The van der Waals surface area contributed by atoms with Crippen LogP contribution in [0.5, 0.6) is 0 Å². The summed E-state index contributed by atoms with van der Waals surface area (Å²) in [6.07, 6.45) is -0.368. The molecule has 0 spiro atoms. The molecule has 0 aliphatic heterocycles. The molecule has 1 aromatic carbocycles. The number of nitro groups is 1. The van der Waals surface area contributed by atoms with E-state index in [1.165, 1.54) is 25.2 Å². The molecule has 90 valence electrons. The Morgan fingerprint density at radius 3 is 2.59 bits per heavy atom. The number of para-hydroxylation sites is 1. The molecule has 0 fully saturated rings. The SMILES string of the molecule is CNC(=O)CC(=O)Cc1ccccc1[N+](=O)[O-]. The van der Waals surface area contributed by atoms with Crippen LogP contribution in [-0.2, 0) is 16.0 Å². The first-order valence-corrected chi connectivity index (χ1v) is 4.99. The van der Waals surface area contributed by atoms with Crippen molar-refractivity contribution in [1.82, 2.24) is 5.32 Å². The second-order valence-electron chi connectivity index (χ2n) is 3.45. The fourth-order valence-electron chi connectivity index (χ4n) is 1.38. The molecule has 0 aliphatic rings. The van der Waals surface area contributed by atoms with Crippen LogP contribution in [0, 0.1) is 10.1 Å². The second-order valence-corrected chi connectivity index (χ2v) is 3.45. The zero-order valence-electron chi connectivity index (χ0n) is 9.30. The number of Topliss-reactive ketones (excluding diaryl/α,β-unsaturated/α-hetero) is 1. The zero-order valence-corrected chi connectivity index (χ0v) is 9.30. The third kappa shape index (κ3) is 3.67. The summed E-state index contributed by atoms with van der Waals surface area (Å²) in [6.45, 7) is 0. The lowest BCUT2D eigenvalue weighted by Gasteiger charge is -2.02.